The number of halogens is 2. The molecule has 2 N–H and O–H groups in total. The van der Waals surface area contributed by atoms with Crippen LogP contribution in [-0.2, 0) is 25.9 Å². The topological polar surface area (TPSA) is 80.9 Å². The summed E-state index contributed by atoms with van der Waals surface area (Å²) in [7, 11) is 4.99. The van der Waals surface area contributed by atoms with E-state index in [-0.39, 0.29) is 24.0 Å². The summed E-state index contributed by atoms with van der Waals surface area (Å²) in [5.74, 6) is 2.98. The van der Waals surface area contributed by atoms with Gasteiger partial charge in [-0.2, -0.15) is 0 Å². The molecule has 0 bridgehead atoms. The third kappa shape index (κ3) is 6.00. The maximum absolute atomic E-state index is 5.41. The fourth-order valence-electron chi connectivity index (χ4n) is 2.74. The van der Waals surface area contributed by atoms with Crippen molar-refractivity contribution in [2.45, 2.75) is 39.8 Å². The van der Waals surface area contributed by atoms with E-state index in [1.807, 2.05) is 12.1 Å². The van der Waals surface area contributed by atoms with Crippen LogP contribution in [0.2, 0.25) is 0 Å². The van der Waals surface area contributed by atoms with E-state index in [0.29, 0.717) is 30.5 Å². The molecule has 28 heavy (non-hydrogen) atoms. The highest BCUT2D eigenvalue weighted by atomic mass is 127. The number of ether oxygens (including phenoxy) is 2. The predicted molar refractivity (Wildman–Crippen MR) is 125 cm³/mol. The van der Waals surface area contributed by atoms with Crippen molar-refractivity contribution in [3.63, 3.8) is 0 Å². The van der Waals surface area contributed by atoms with Gasteiger partial charge in [0.05, 0.1) is 19.9 Å². The molecule has 156 valence electrons. The Kier molecular flexibility index (Phi) is 10.7. The van der Waals surface area contributed by atoms with E-state index in [0.717, 1.165) is 39.9 Å². The zero-order valence-corrected chi connectivity index (χ0v) is 20.8. The molecule has 9 heteroatoms. The van der Waals surface area contributed by atoms with Gasteiger partial charge in [0.2, 0.25) is 0 Å². The lowest BCUT2D eigenvalue weighted by molar-refractivity contribution is 0.354. The number of aromatic nitrogens is 1. The molecule has 0 aliphatic carbocycles. The van der Waals surface area contributed by atoms with Gasteiger partial charge in [-0.1, -0.05) is 34.9 Å². The van der Waals surface area contributed by atoms with Crippen LogP contribution >= 0.6 is 39.9 Å². The molecule has 0 fully saturated rings. The SMILES string of the molecule is CCc1noc(CC)c1CNC(=NC)NCc1cc(OC)c(OC)cc1Br.I. The zero-order valence-electron chi connectivity index (χ0n) is 16.9. The number of rotatable bonds is 8. The van der Waals surface area contributed by atoms with Gasteiger partial charge in [-0.25, -0.2) is 0 Å². The van der Waals surface area contributed by atoms with E-state index in [9.17, 15) is 0 Å². The van der Waals surface area contributed by atoms with Crippen molar-refractivity contribution >= 4 is 45.9 Å². The summed E-state index contributed by atoms with van der Waals surface area (Å²) in [5.41, 5.74) is 3.12. The molecule has 0 saturated carbocycles. The van der Waals surface area contributed by atoms with Crippen molar-refractivity contribution in [3.8, 4) is 11.5 Å². The Labute approximate surface area is 191 Å². The first kappa shape index (κ1) is 24.5. The van der Waals surface area contributed by atoms with Crippen LogP contribution < -0.4 is 20.1 Å². The molecule has 0 unspecified atom stereocenters. The fraction of sp³-hybridized carbons (Fsp3) is 0.474. The summed E-state index contributed by atoms with van der Waals surface area (Å²) in [5, 5.41) is 10.8. The summed E-state index contributed by atoms with van der Waals surface area (Å²) >= 11 is 3.58. The Morgan fingerprint density at radius 2 is 1.75 bits per heavy atom. The Morgan fingerprint density at radius 1 is 1.11 bits per heavy atom. The molecular weight excluding hydrogens is 539 g/mol. The molecular formula is C19H28BrIN4O3. The predicted octanol–water partition coefficient (Wildman–Crippen LogP) is 4.06. The molecule has 0 radical (unpaired) electrons. The van der Waals surface area contributed by atoms with Gasteiger partial charge in [-0.05, 0) is 24.1 Å². The number of guanidine groups is 1. The average Bonchev–Trinajstić information content (AvgIpc) is 3.10. The second-order valence-electron chi connectivity index (χ2n) is 5.82. The molecule has 0 atom stereocenters. The van der Waals surface area contributed by atoms with Gasteiger partial charge in [-0.3, -0.25) is 4.99 Å². The van der Waals surface area contributed by atoms with Gasteiger partial charge in [0.25, 0.3) is 0 Å². The van der Waals surface area contributed by atoms with E-state index in [1.54, 1.807) is 21.3 Å². The van der Waals surface area contributed by atoms with Crippen LogP contribution in [0.15, 0.2) is 26.1 Å². The average molecular weight is 567 g/mol. The molecule has 2 rings (SSSR count). The van der Waals surface area contributed by atoms with E-state index >= 15 is 0 Å². The highest BCUT2D eigenvalue weighted by Gasteiger charge is 2.14. The molecule has 0 spiro atoms. The second-order valence-corrected chi connectivity index (χ2v) is 6.67. The highest BCUT2D eigenvalue weighted by Crippen LogP contribution is 2.33. The van der Waals surface area contributed by atoms with Crippen LogP contribution in [-0.4, -0.2) is 32.4 Å². The third-order valence-electron chi connectivity index (χ3n) is 4.26. The molecule has 1 aromatic carbocycles. The van der Waals surface area contributed by atoms with Crippen molar-refractivity contribution in [1.29, 1.82) is 0 Å². The van der Waals surface area contributed by atoms with E-state index in [4.69, 9.17) is 14.0 Å². The van der Waals surface area contributed by atoms with E-state index in [1.165, 1.54) is 0 Å². The quantitative estimate of drug-likeness (QED) is 0.285. The number of nitrogens with zero attached hydrogens (tertiary/aromatic N) is 2. The lowest BCUT2D eigenvalue weighted by Crippen LogP contribution is -2.36. The van der Waals surface area contributed by atoms with Crippen molar-refractivity contribution in [2.24, 2.45) is 4.99 Å². The normalized spacial score (nSPS) is 11.0. The number of methoxy groups -OCH3 is 2. The van der Waals surface area contributed by atoms with Crippen LogP contribution in [0, 0.1) is 0 Å². The second kappa shape index (κ2) is 12.2. The molecule has 0 amide bonds. The van der Waals surface area contributed by atoms with Gasteiger partial charge in [-0.15, -0.1) is 24.0 Å². The summed E-state index contributed by atoms with van der Waals surface area (Å²) in [6.45, 7) is 5.32. The summed E-state index contributed by atoms with van der Waals surface area (Å²) in [4.78, 5) is 4.29. The van der Waals surface area contributed by atoms with Crippen LogP contribution in [0.1, 0.15) is 36.4 Å². The van der Waals surface area contributed by atoms with Gasteiger partial charge in [0.15, 0.2) is 17.5 Å². The van der Waals surface area contributed by atoms with E-state index < -0.39 is 0 Å². The zero-order chi connectivity index (χ0) is 19.8. The van der Waals surface area contributed by atoms with Crippen molar-refractivity contribution < 1.29 is 14.0 Å². The molecule has 1 heterocycles. The van der Waals surface area contributed by atoms with Crippen molar-refractivity contribution in [1.82, 2.24) is 15.8 Å². The molecule has 0 aliphatic rings. The number of aliphatic imine (C=N–C) groups is 1. The summed E-state index contributed by atoms with van der Waals surface area (Å²) in [6, 6.07) is 3.83. The van der Waals surface area contributed by atoms with Gasteiger partial charge >= 0.3 is 0 Å². The van der Waals surface area contributed by atoms with E-state index in [2.05, 4.69) is 50.6 Å². The molecule has 1 aromatic heterocycles. The Hall–Kier alpha value is -1.49. The number of aryl methyl sites for hydroxylation is 2. The molecule has 7 nitrogen and oxygen atoms in total. The number of hydrogen-bond donors (Lipinski definition) is 2. The third-order valence-corrected chi connectivity index (χ3v) is 5.00. The minimum atomic E-state index is 0. The largest absolute Gasteiger partial charge is 0.493 e. The minimum absolute atomic E-state index is 0. The fourth-order valence-corrected chi connectivity index (χ4v) is 3.20. The smallest absolute Gasteiger partial charge is 0.191 e. The Morgan fingerprint density at radius 3 is 2.32 bits per heavy atom. The maximum atomic E-state index is 5.41. The van der Waals surface area contributed by atoms with Gasteiger partial charge < -0.3 is 24.6 Å². The van der Waals surface area contributed by atoms with Crippen molar-refractivity contribution in [2.75, 3.05) is 21.3 Å². The molecule has 2 aromatic rings. The Balaban J connectivity index is 0.00000392. The lowest BCUT2D eigenvalue weighted by atomic mass is 10.1. The van der Waals surface area contributed by atoms with Crippen molar-refractivity contribution in [3.05, 3.63) is 39.2 Å². The summed E-state index contributed by atoms with van der Waals surface area (Å²) < 4.78 is 17.0. The number of benzene rings is 1. The molecule has 0 saturated heterocycles. The number of hydrogen-bond acceptors (Lipinski definition) is 5. The first-order valence-electron chi connectivity index (χ1n) is 8.89. The van der Waals surface area contributed by atoms with Crippen LogP contribution in [0.3, 0.4) is 0 Å². The summed E-state index contributed by atoms with van der Waals surface area (Å²) in [6.07, 6.45) is 1.65. The van der Waals surface area contributed by atoms with Gasteiger partial charge in [0.1, 0.15) is 5.76 Å². The van der Waals surface area contributed by atoms with Crippen LogP contribution in [0.4, 0.5) is 0 Å². The minimum Gasteiger partial charge on any atom is -0.493 e. The number of nitrogens with one attached hydrogen (secondary N) is 2. The molecule has 0 aliphatic heterocycles. The maximum Gasteiger partial charge on any atom is 0.191 e. The highest BCUT2D eigenvalue weighted by molar-refractivity contribution is 14.0. The first-order chi connectivity index (χ1) is 13.1. The Bertz CT molecular complexity index is 774. The van der Waals surface area contributed by atoms with Crippen LogP contribution in [0.25, 0.3) is 0 Å². The lowest BCUT2D eigenvalue weighted by Gasteiger charge is -2.15. The first-order valence-corrected chi connectivity index (χ1v) is 9.68. The standard InChI is InChI=1S/C19H27BrN4O3.HI/c1-6-15-13(16(7-2)27-24-15)11-23-19(21-3)22-10-12-8-17(25-4)18(26-5)9-14(12)20;/h8-9H,6-7,10-11H2,1-5H3,(H2,21,22,23);1H. The monoisotopic (exact) mass is 566 g/mol. The van der Waals surface area contributed by atoms with Gasteiger partial charge in [0, 0.05) is 36.6 Å². The van der Waals surface area contributed by atoms with Crippen LogP contribution in [0.5, 0.6) is 11.5 Å².